The normalized spacial score (nSPS) is 27.1. The van der Waals surface area contributed by atoms with Crippen LogP contribution in [-0.4, -0.2) is 92.1 Å². The summed E-state index contributed by atoms with van der Waals surface area (Å²) in [4.78, 5) is 21.9. The molecule has 0 aliphatic carbocycles. The first-order valence-corrected chi connectivity index (χ1v) is 10.5. The van der Waals surface area contributed by atoms with E-state index in [1.165, 1.54) is 18.5 Å². The van der Waals surface area contributed by atoms with Gasteiger partial charge in [-0.2, -0.15) is 0 Å². The predicted octanol–water partition coefficient (Wildman–Crippen LogP) is 2.56. The number of nitrogens with zero attached hydrogens (tertiary/aromatic N) is 4. The highest BCUT2D eigenvalue weighted by Crippen LogP contribution is 2.44. The number of amides is 2. The van der Waals surface area contributed by atoms with Crippen LogP contribution in [0.3, 0.4) is 0 Å². The number of piperazine rings is 1. The van der Waals surface area contributed by atoms with Crippen molar-refractivity contribution in [2.24, 2.45) is 5.41 Å². The summed E-state index contributed by atoms with van der Waals surface area (Å²) in [5, 5.41) is 0. The van der Waals surface area contributed by atoms with Crippen LogP contribution in [-0.2, 0) is 0 Å². The lowest BCUT2D eigenvalue weighted by molar-refractivity contribution is 0.0266. The summed E-state index contributed by atoms with van der Waals surface area (Å²) in [6.07, 6.45) is 3.54. The molecule has 3 aliphatic rings. The molecule has 1 spiro atoms. The molecule has 0 aromatic heterocycles. The maximum atomic E-state index is 12.9. The molecule has 0 N–H and O–H groups in total. The van der Waals surface area contributed by atoms with E-state index in [1.54, 1.807) is 0 Å². The molecule has 0 bridgehead atoms. The van der Waals surface area contributed by atoms with Crippen molar-refractivity contribution < 1.29 is 4.79 Å². The molecule has 4 rings (SSSR count). The van der Waals surface area contributed by atoms with E-state index in [4.69, 9.17) is 0 Å². The summed E-state index contributed by atoms with van der Waals surface area (Å²) in [7, 11) is 4.40. The Morgan fingerprint density at radius 1 is 0.889 bits per heavy atom. The average molecular weight is 371 g/mol. The summed E-state index contributed by atoms with van der Waals surface area (Å²) in [6.45, 7) is 7.88. The third-order valence-electron chi connectivity index (χ3n) is 6.96. The van der Waals surface area contributed by atoms with E-state index in [-0.39, 0.29) is 6.03 Å². The fourth-order valence-electron chi connectivity index (χ4n) is 5.35. The zero-order valence-electron chi connectivity index (χ0n) is 16.9. The molecule has 0 saturated carbocycles. The Kier molecular flexibility index (Phi) is 5.42. The lowest BCUT2D eigenvalue weighted by atomic mass is 9.68. The maximum Gasteiger partial charge on any atom is 0.320 e. The molecule has 3 aliphatic heterocycles. The van der Waals surface area contributed by atoms with Gasteiger partial charge in [0.1, 0.15) is 0 Å². The van der Waals surface area contributed by atoms with Gasteiger partial charge in [-0.3, -0.25) is 0 Å². The van der Waals surface area contributed by atoms with Crippen LogP contribution in [0.5, 0.6) is 0 Å². The van der Waals surface area contributed by atoms with Crippen molar-refractivity contribution in [2.45, 2.75) is 25.2 Å². The van der Waals surface area contributed by atoms with Gasteiger partial charge in [-0.15, -0.1) is 0 Å². The van der Waals surface area contributed by atoms with Crippen LogP contribution in [0.1, 0.15) is 30.7 Å². The van der Waals surface area contributed by atoms with Gasteiger partial charge >= 0.3 is 6.03 Å². The molecule has 2 amide bonds. The number of hydrogen-bond donors (Lipinski definition) is 0. The Bertz CT molecular complexity index is 633. The Morgan fingerprint density at radius 3 is 2.19 bits per heavy atom. The molecule has 1 atom stereocenters. The second kappa shape index (κ2) is 7.80. The van der Waals surface area contributed by atoms with Gasteiger partial charge in [-0.05, 0) is 50.3 Å². The average Bonchev–Trinajstić information content (AvgIpc) is 2.69. The van der Waals surface area contributed by atoms with Gasteiger partial charge in [0.15, 0.2) is 0 Å². The van der Waals surface area contributed by atoms with E-state index in [9.17, 15) is 4.79 Å². The van der Waals surface area contributed by atoms with Gasteiger partial charge in [0.05, 0.1) is 0 Å². The zero-order valence-corrected chi connectivity index (χ0v) is 16.9. The first-order chi connectivity index (χ1) is 13.0. The van der Waals surface area contributed by atoms with Crippen LogP contribution in [0.2, 0.25) is 0 Å². The van der Waals surface area contributed by atoms with Crippen LogP contribution >= 0.6 is 0 Å². The predicted molar refractivity (Wildman–Crippen MR) is 109 cm³/mol. The Balaban J connectivity index is 1.38. The van der Waals surface area contributed by atoms with Gasteiger partial charge in [0.2, 0.25) is 0 Å². The fraction of sp³-hybridized carbons (Fsp3) is 0.682. The van der Waals surface area contributed by atoms with Crippen molar-refractivity contribution in [1.29, 1.82) is 0 Å². The summed E-state index contributed by atoms with van der Waals surface area (Å²) in [5.74, 6) is 0.616. The molecule has 1 aromatic rings. The van der Waals surface area contributed by atoms with E-state index in [1.807, 2.05) is 0 Å². The summed E-state index contributed by atoms with van der Waals surface area (Å²) in [5.41, 5.74) is 1.84. The molecule has 148 valence electrons. The van der Waals surface area contributed by atoms with Crippen LogP contribution < -0.4 is 0 Å². The number of piperidine rings is 2. The topological polar surface area (TPSA) is 30.0 Å². The summed E-state index contributed by atoms with van der Waals surface area (Å²) < 4.78 is 0. The summed E-state index contributed by atoms with van der Waals surface area (Å²) in [6, 6.07) is 11.3. The molecule has 1 unspecified atom stereocenters. The molecular formula is C22H34N4O. The standard InChI is InChI=1S/C22H34N4O/c1-23-12-14-26(15-13-23)21(27)25-10-8-22(9-11-25)16-20(17-24(2)18-22)19-6-4-3-5-7-19/h3-7,20H,8-18H2,1-2H3. The largest absolute Gasteiger partial charge is 0.325 e. The van der Waals surface area contributed by atoms with Crippen molar-refractivity contribution in [3.05, 3.63) is 35.9 Å². The second-order valence-electron chi connectivity index (χ2n) is 9.07. The Labute approximate surface area is 163 Å². The van der Waals surface area contributed by atoms with E-state index < -0.39 is 0 Å². The first kappa shape index (κ1) is 18.8. The number of hydrogen-bond acceptors (Lipinski definition) is 3. The van der Waals surface area contributed by atoms with Crippen molar-refractivity contribution in [3.63, 3.8) is 0 Å². The molecule has 5 heteroatoms. The number of likely N-dealkylation sites (tertiary alicyclic amines) is 2. The lowest BCUT2D eigenvalue weighted by Crippen LogP contribution is -2.56. The Hall–Kier alpha value is -1.59. The number of carbonyl (C=O) groups excluding carboxylic acids is 1. The number of carbonyl (C=O) groups is 1. The van der Waals surface area contributed by atoms with E-state index in [0.717, 1.165) is 58.7 Å². The highest BCUT2D eigenvalue weighted by atomic mass is 16.2. The minimum absolute atomic E-state index is 0.265. The van der Waals surface area contributed by atoms with Gasteiger partial charge < -0.3 is 19.6 Å². The number of urea groups is 1. The third kappa shape index (κ3) is 4.14. The number of rotatable bonds is 1. The second-order valence-corrected chi connectivity index (χ2v) is 9.07. The SMILES string of the molecule is CN1CCN(C(=O)N2CCC3(CC2)CC(c2ccccc2)CN(C)C3)CC1. The molecule has 0 radical (unpaired) electrons. The minimum atomic E-state index is 0.265. The fourth-order valence-corrected chi connectivity index (χ4v) is 5.35. The lowest BCUT2D eigenvalue weighted by Gasteiger charge is -2.50. The smallest absolute Gasteiger partial charge is 0.320 e. The van der Waals surface area contributed by atoms with Crippen molar-refractivity contribution in [3.8, 4) is 0 Å². The molecule has 3 fully saturated rings. The van der Waals surface area contributed by atoms with Gasteiger partial charge in [0.25, 0.3) is 0 Å². The van der Waals surface area contributed by atoms with Gasteiger partial charge in [-0.25, -0.2) is 4.79 Å². The highest BCUT2D eigenvalue weighted by molar-refractivity contribution is 5.74. The summed E-state index contributed by atoms with van der Waals surface area (Å²) >= 11 is 0. The van der Waals surface area contributed by atoms with E-state index in [0.29, 0.717) is 11.3 Å². The van der Waals surface area contributed by atoms with Crippen molar-refractivity contribution in [2.75, 3.05) is 66.5 Å². The Morgan fingerprint density at radius 2 is 1.52 bits per heavy atom. The number of likely N-dealkylation sites (N-methyl/N-ethyl adjacent to an activating group) is 2. The molecular weight excluding hydrogens is 336 g/mol. The van der Waals surface area contributed by atoms with Crippen LogP contribution in [0, 0.1) is 5.41 Å². The minimum Gasteiger partial charge on any atom is -0.325 e. The molecule has 1 aromatic carbocycles. The van der Waals surface area contributed by atoms with Gasteiger partial charge in [0, 0.05) is 52.4 Å². The number of benzene rings is 1. The van der Waals surface area contributed by atoms with Crippen LogP contribution in [0.25, 0.3) is 0 Å². The van der Waals surface area contributed by atoms with E-state index in [2.05, 4.69) is 64.0 Å². The molecule has 5 nitrogen and oxygen atoms in total. The molecule has 3 saturated heterocycles. The molecule has 3 heterocycles. The van der Waals surface area contributed by atoms with E-state index >= 15 is 0 Å². The molecule has 27 heavy (non-hydrogen) atoms. The van der Waals surface area contributed by atoms with Crippen molar-refractivity contribution in [1.82, 2.24) is 19.6 Å². The first-order valence-electron chi connectivity index (χ1n) is 10.5. The maximum absolute atomic E-state index is 12.9. The monoisotopic (exact) mass is 370 g/mol. The third-order valence-corrected chi connectivity index (χ3v) is 6.96. The quantitative estimate of drug-likeness (QED) is 0.761. The zero-order chi connectivity index (χ0) is 18.9. The highest BCUT2D eigenvalue weighted by Gasteiger charge is 2.42. The van der Waals surface area contributed by atoms with Crippen LogP contribution in [0.15, 0.2) is 30.3 Å². The van der Waals surface area contributed by atoms with Gasteiger partial charge in [-0.1, -0.05) is 30.3 Å². The van der Waals surface area contributed by atoms with Crippen LogP contribution in [0.4, 0.5) is 4.79 Å². The van der Waals surface area contributed by atoms with Crippen molar-refractivity contribution >= 4 is 6.03 Å².